The maximum Gasteiger partial charge on any atom is 0.355 e. The molecule has 36 heteroatoms. The van der Waals surface area contributed by atoms with E-state index in [4.69, 9.17) is 58.8 Å². The lowest BCUT2D eigenvalue weighted by atomic mass is 10.1. The van der Waals surface area contributed by atoms with Gasteiger partial charge in [0.2, 0.25) is 23.4 Å². The smallest absolute Gasteiger partial charge is 0.355 e. The number of aromatic nitrogens is 4. The van der Waals surface area contributed by atoms with Crippen LogP contribution in [0, 0.1) is 17.6 Å². The number of nitrogens with two attached hydrogens (primary N) is 2. The first-order valence-electron chi connectivity index (χ1n) is 26.0. The van der Waals surface area contributed by atoms with Gasteiger partial charge >= 0.3 is 19.0 Å². The zero-order valence-electron chi connectivity index (χ0n) is 48.1. The first-order valence-corrected chi connectivity index (χ1v) is 36.1. The summed E-state index contributed by atoms with van der Waals surface area (Å²) in [6, 6.07) is 0. The van der Waals surface area contributed by atoms with Gasteiger partial charge in [0.1, 0.15) is 59.3 Å². The summed E-state index contributed by atoms with van der Waals surface area (Å²) in [5.41, 5.74) is 9.01. The standard InChI is InChI=1S/C13H19FNO5P.C11H17FN3O4P.C11H15FN3O4P.C9H8FNO3.C5H13O4P.H2/c1-8-4-12(20-13(8)19-7-21(2,3)18)15-6-9(14)10(16)5-11(15)17;2*1-20(2,17)6-18-9-4-3-8(19-9)15-5-7(12)10(13)14-11(15)16;10-6-5-11(8(13)4-7(6)12)9-2-1-3-14-9;1-3-8-10(7,5-6)9-4-2;/h6,8,12-13H,4-5,7H2,1-3H3;5,8-9H,3-4,6H2,1-2H3,(H2,13,14,16);3-5,8-9H,6H2,1-2H3,(H2,13,14,16);1,3,5,9H,2,4H2;6H,3-5H2,1-2H3;1H/t8-,12+,13-;2*8-,9+;9-;;/m1000../s1. The normalized spacial score (nSPS) is 24.1. The molecule has 0 aliphatic carbocycles. The van der Waals surface area contributed by atoms with Gasteiger partial charge in [-0.2, -0.15) is 9.97 Å². The Morgan fingerprint density at radius 2 is 1.16 bits per heavy atom. The molecular formula is C49H74F4N8O20P4. The Bertz CT molecular complexity index is 3140. The van der Waals surface area contributed by atoms with E-state index in [-0.39, 0.29) is 39.6 Å². The number of halogens is 4. The van der Waals surface area contributed by atoms with Gasteiger partial charge in [-0.05, 0) is 78.5 Å². The molecule has 2 saturated heterocycles. The molecule has 8 atom stereocenters. The second-order valence-corrected chi connectivity index (χ2v) is 32.8. The predicted octanol–water partition coefficient (Wildman–Crippen LogP) is 6.38. The molecule has 8 rings (SSSR count). The Kier molecular flexibility index (Phi) is 27.2. The molecule has 0 unspecified atom stereocenters. The van der Waals surface area contributed by atoms with Gasteiger partial charge in [-0.3, -0.25) is 42.7 Å². The van der Waals surface area contributed by atoms with E-state index < -0.39 is 162 Å². The second kappa shape index (κ2) is 32.1. The van der Waals surface area contributed by atoms with Crippen LogP contribution in [-0.2, 0) is 79.6 Å². The molecule has 2 aromatic rings. The van der Waals surface area contributed by atoms with Crippen molar-refractivity contribution in [3.8, 4) is 0 Å². The summed E-state index contributed by atoms with van der Waals surface area (Å²) in [4.78, 5) is 77.2. The number of rotatable bonds is 18. The first-order chi connectivity index (χ1) is 39.6. The predicted molar refractivity (Wildman–Crippen MR) is 301 cm³/mol. The van der Waals surface area contributed by atoms with E-state index in [1.54, 1.807) is 66.0 Å². The van der Waals surface area contributed by atoms with Gasteiger partial charge in [0, 0.05) is 32.8 Å². The van der Waals surface area contributed by atoms with E-state index in [0.29, 0.717) is 25.7 Å². The number of aliphatic hydroxyl groups is 1. The molecule has 2 aromatic heterocycles. The minimum atomic E-state index is -3.14. The summed E-state index contributed by atoms with van der Waals surface area (Å²) in [5, 5.41) is 8.53. The van der Waals surface area contributed by atoms with Gasteiger partial charge in [0.05, 0.1) is 50.9 Å². The van der Waals surface area contributed by atoms with E-state index in [0.717, 1.165) is 43.7 Å². The fraction of sp³-hybridized carbons (Fsp3) is 0.592. The maximum absolute atomic E-state index is 13.3. The molecule has 0 saturated carbocycles. The van der Waals surface area contributed by atoms with Crippen molar-refractivity contribution in [2.75, 3.05) is 90.1 Å². The van der Waals surface area contributed by atoms with Crippen molar-refractivity contribution in [1.29, 1.82) is 0 Å². The highest BCUT2D eigenvalue weighted by molar-refractivity contribution is 7.62. The number of ether oxygens (including phenoxy) is 7. The van der Waals surface area contributed by atoms with Crippen molar-refractivity contribution < 1.29 is 104 Å². The third kappa shape index (κ3) is 23.4. The molecule has 5 N–H and O–H groups in total. The molecule has 2 amide bonds. The summed E-state index contributed by atoms with van der Waals surface area (Å²) in [6.45, 7) is 15.5. The summed E-state index contributed by atoms with van der Waals surface area (Å²) in [7, 11) is -10.1. The van der Waals surface area contributed by atoms with Crippen LogP contribution in [0.3, 0.4) is 0 Å². The van der Waals surface area contributed by atoms with E-state index in [1.165, 1.54) is 12.3 Å². The molecule has 478 valence electrons. The highest BCUT2D eigenvalue weighted by Crippen LogP contribution is 2.46. The summed E-state index contributed by atoms with van der Waals surface area (Å²) in [5.74, 6) is -6.83. The van der Waals surface area contributed by atoms with Crippen LogP contribution < -0.4 is 22.8 Å². The highest BCUT2D eigenvalue weighted by atomic mass is 31.2. The summed E-state index contributed by atoms with van der Waals surface area (Å²) in [6.07, 6.45) is 6.24. The first kappa shape index (κ1) is 72.2. The van der Waals surface area contributed by atoms with Gasteiger partial charge in [-0.1, -0.05) is 6.92 Å². The number of Topliss-reactive ketones (excluding diaryl/α,β-unsaturated/α-hetero) is 2. The monoisotopic (exact) mass is 1290 g/mol. The number of aliphatic hydroxyl groups excluding tert-OH is 1. The number of nitrogen functional groups attached to an aromatic ring is 2. The number of hydrogen-bond donors (Lipinski definition) is 3. The minimum Gasteiger partial charge on any atom is -0.478 e. The van der Waals surface area contributed by atoms with Crippen LogP contribution in [0.15, 0.2) is 70.5 Å². The molecular weight excluding hydrogens is 1220 g/mol. The van der Waals surface area contributed by atoms with E-state index in [2.05, 4.69) is 9.97 Å². The van der Waals surface area contributed by atoms with E-state index in [1.807, 2.05) is 6.92 Å². The third-order valence-electron chi connectivity index (χ3n) is 11.5. The molecule has 6 aliphatic rings. The third-order valence-corrected chi connectivity index (χ3v) is 15.4. The van der Waals surface area contributed by atoms with Crippen LogP contribution in [-0.4, -0.2) is 167 Å². The number of allylic oxidation sites excluding steroid dienone is 2. The van der Waals surface area contributed by atoms with Gasteiger partial charge in [-0.15, -0.1) is 0 Å². The molecule has 0 spiro atoms. The molecule has 0 radical (unpaired) electrons. The molecule has 28 nitrogen and oxygen atoms in total. The Balaban J connectivity index is 0.000000286. The molecule has 6 aliphatic heterocycles. The number of carbonyl (C=O) groups excluding carboxylic acids is 4. The summed E-state index contributed by atoms with van der Waals surface area (Å²) >= 11 is 0. The fourth-order valence-electron chi connectivity index (χ4n) is 7.52. The SMILES string of the molecule is CCOP(=O)(CO)OCC.CP(C)(=O)CO[C@H]1C=C[C@@H](n2cc(F)c(N)nc2=O)O1.CP(C)(=O)CO[C@H]1CC[C@@H](n2cc(F)c(N)nc2=O)O1.C[C@@H]1C[C@@H](N2C=C(F)C(=O)CC2=O)O[C@H]1OCP(C)(C)=O.O=C1CC(=O)N([C@@H]2CC=CO2)C=C1F.[HH]. The molecule has 2 fully saturated rings. The van der Waals surface area contributed by atoms with E-state index in [9.17, 15) is 64.6 Å². The zero-order valence-corrected chi connectivity index (χ0v) is 51.6. The minimum absolute atomic E-state index is 0. The number of ketones is 2. The van der Waals surface area contributed by atoms with Crippen LogP contribution in [0.25, 0.3) is 0 Å². The fourth-order valence-corrected chi connectivity index (χ4v) is 10.1. The Hall–Kier alpha value is -5.32. The van der Waals surface area contributed by atoms with Crippen LogP contribution >= 0.6 is 29.0 Å². The van der Waals surface area contributed by atoms with Gasteiger partial charge in [-0.25, -0.2) is 27.2 Å². The van der Waals surface area contributed by atoms with Crippen molar-refractivity contribution in [3.63, 3.8) is 0 Å². The molecule has 0 aromatic carbocycles. The second-order valence-electron chi connectivity index (χ2n) is 20.5. The van der Waals surface area contributed by atoms with Crippen molar-refractivity contribution >= 4 is 64.0 Å². The lowest BCUT2D eigenvalue weighted by molar-refractivity contribution is -0.170. The van der Waals surface area contributed by atoms with Crippen molar-refractivity contribution in [3.05, 3.63) is 93.5 Å². The topological polar surface area (TPSA) is 368 Å². The van der Waals surface area contributed by atoms with Crippen LogP contribution in [0.1, 0.15) is 73.2 Å². The lowest BCUT2D eigenvalue weighted by Gasteiger charge is -2.27. The molecule has 8 heterocycles. The molecule has 0 bridgehead atoms. The van der Waals surface area contributed by atoms with Crippen LogP contribution in [0.4, 0.5) is 29.2 Å². The number of anilines is 2. The maximum atomic E-state index is 13.3. The number of amides is 2. The average molecular weight is 1300 g/mol. The summed E-state index contributed by atoms with van der Waals surface area (Å²) < 4.78 is 148. The van der Waals surface area contributed by atoms with Crippen molar-refractivity contribution in [2.24, 2.45) is 5.92 Å². The number of carbonyl (C=O) groups is 4. The largest absolute Gasteiger partial charge is 0.478 e. The number of nitrogens with zero attached hydrogens (tertiary/aromatic N) is 6. The lowest BCUT2D eigenvalue weighted by Crippen LogP contribution is -2.40. The van der Waals surface area contributed by atoms with Gasteiger partial charge in [0.25, 0.3) is 0 Å². The van der Waals surface area contributed by atoms with Crippen LogP contribution in [0.5, 0.6) is 0 Å². The van der Waals surface area contributed by atoms with Crippen LogP contribution in [0.2, 0.25) is 0 Å². The average Bonchev–Trinajstić information content (AvgIpc) is 2.72. The zero-order chi connectivity index (χ0) is 63.8. The quantitative estimate of drug-likeness (QED) is 0.0630. The Morgan fingerprint density at radius 1 is 0.671 bits per heavy atom. The Labute approximate surface area is 487 Å². The Morgan fingerprint density at radius 3 is 1.66 bits per heavy atom. The highest BCUT2D eigenvalue weighted by Gasteiger charge is 2.41. The van der Waals surface area contributed by atoms with Crippen molar-refractivity contribution in [1.82, 2.24) is 28.9 Å². The van der Waals surface area contributed by atoms with Gasteiger partial charge in [0.15, 0.2) is 66.2 Å². The number of hydrogen-bond acceptors (Lipinski definition) is 24. The molecule has 85 heavy (non-hydrogen) atoms. The van der Waals surface area contributed by atoms with Crippen molar-refractivity contribution in [2.45, 2.75) is 103 Å². The van der Waals surface area contributed by atoms with Gasteiger partial charge < -0.3 is 72.5 Å². The van der Waals surface area contributed by atoms with E-state index >= 15 is 0 Å².